The Morgan fingerprint density at radius 2 is 2.06 bits per heavy atom. The Bertz CT molecular complexity index is 481. The lowest BCUT2D eigenvalue weighted by Gasteiger charge is -2.01. The maximum Gasteiger partial charge on any atom is 0.230 e. The predicted molar refractivity (Wildman–Crippen MR) is 70.9 cm³/mol. The minimum Gasteiger partial charge on any atom is -0.399 e. The SMILES string of the molecule is CSCC(C)c1nc(-c2ccc(N)cc2)no1. The van der Waals surface area contributed by atoms with Crippen molar-refractivity contribution in [2.75, 3.05) is 17.7 Å². The van der Waals surface area contributed by atoms with E-state index in [9.17, 15) is 0 Å². The Labute approximate surface area is 105 Å². The molecule has 1 atom stereocenters. The first-order chi connectivity index (χ1) is 8.20. The highest BCUT2D eigenvalue weighted by Gasteiger charge is 2.14. The Kier molecular flexibility index (Phi) is 3.68. The Morgan fingerprint density at radius 3 is 2.71 bits per heavy atom. The molecule has 0 amide bonds. The Morgan fingerprint density at radius 1 is 1.35 bits per heavy atom. The molecule has 2 N–H and O–H groups in total. The van der Waals surface area contributed by atoms with Gasteiger partial charge in [0, 0.05) is 22.9 Å². The highest BCUT2D eigenvalue weighted by atomic mass is 32.2. The summed E-state index contributed by atoms with van der Waals surface area (Å²) in [6.07, 6.45) is 2.06. The summed E-state index contributed by atoms with van der Waals surface area (Å²) in [7, 11) is 0. The molecule has 0 saturated carbocycles. The van der Waals surface area contributed by atoms with Gasteiger partial charge >= 0.3 is 0 Å². The van der Waals surface area contributed by atoms with Gasteiger partial charge in [0.25, 0.3) is 0 Å². The van der Waals surface area contributed by atoms with E-state index in [4.69, 9.17) is 10.3 Å². The number of hydrogen-bond donors (Lipinski definition) is 1. The molecule has 1 aromatic heterocycles. The predicted octanol–water partition coefficient (Wildman–Crippen LogP) is 2.79. The molecule has 90 valence electrons. The number of thioether (sulfide) groups is 1. The molecule has 0 aliphatic carbocycles. The number of nitrogens with zero attached hydrogens (tertiary/aromatic N) is 2. The van der Waals surface area contributed by atoms with E-state index in [1.54, 1.807) is 11.8 Å². The number of aromatic nitrogens is 2. The number of hydrogen-bond acceptors (Lipinski definition) is 5. The monoisotopic (exact) mass is 249 g/mol. The van der Waals surface area contributed by atoms with Crippen LogP contribution in [0.4, 0.5) is 5.69 Å². The van der Waals surface area contributed by atoms with E-state index >= 15 is 0 Å². The largest absolute Gasteiger partial charge is 0.399 e. The van der Waals surface area contributed by atoms with Crippen LogP contribution in [0.3, 0.4) is 0 Å². The standard InChI is InChI=1S/C12H15N3OS/c1-8(7-17-2)12-14-11(15-16-12)9-3-5-10(13)6-4-9/h3-6,8H,7,13H2,1-2H3. The fourth-order valence-corrected chi connectivity index (χ4v) is 2.15. The van der Waals surface area contributed by atoms with E-state index < -0.39 is 0 Å². The van der Waals surface area contributed by atoms with Gasteiger partial charge in [-0.25, -0.2) is 0 Å². The molecule has 17 heavy (non-hydrogen) atoms. The van der Waals surface area contributed by atoms with Gasteiger partial charge in [0.2, 0.25) is 11.7 Å². The second-order valence-corrected chi connectivity index (χ2v) is 4.85. The number of rotatable bonds is 4. The Hall–Kier alpha value is -1.49. The second kappa shape index (κ2) is 5.23. The minimum atomic E-state index is 0.278. The molecule has 0 aliphatic heterocycles. The lowest BCUT2D eigenvalue weighted by Crippen LogP contribution is -1.96. The zero-order valence-corrected chi connectivity index (χ0v) is 10.7. The van der Waals surface area contributed by atoms with E-state index in [0.29, 0.717) is 11.7 Å². The van der Waals surface area contributed by atoms with Crippen LogP contribution < -0.4 is 5.73 Å². The van der Waals surface area contributed by atoms with Gasteiger partial charge < -0.3 is 10.3 Å². The molecule has 4 nitrogen and oxygen atoms in total. The van der Waals surface area contributed by atoms with Crippen molar-refractivity contribution in [1.82, 2.24) is 10.1 Å². The highest BCUT2D eigenvalue weighted by Crippen LogP contribution is 2.22. The summed E-state index contributed by atoms with van der Waals surface area (Å²) in [4.78, 5) is 4.40. The molecule has 1 aromatic carbocycles. The highest BCUT2D eigenvalue weighted by molar-refractivity contribution is 7.98. The molecule has 0 aliphatic rings. The molecule has 0 fully saturated rings. The van der Waals surface area contributed by atoms with Gasteiger partial charge in [0.15, 0.2) is 0 Å². The lowest BCUT2D eigenvalue weighted by molar-refractivity contribution is 0.367. The van der Waals surface area contributed by atoms with Crippen LogP contribution in [0.25, 0.3) is 11.4 Å². The third-order valence-corrected chi connectivity index (χ3v) is 3.28. The van der Waals surface area contributed by atoms with Crippen molar-refractivity contribution in [3.05, 3.63) is 30.2 Å². The average molecular weight is 249 g/mol. The third-order valence-electron chi connectivity index (χ3n) is 2.45. The smallest absolute Gasteiger partial charge is 0.230 e. The fraction of sp³-hybridized carbons (Fsp3) is 0.333. The zero-order chi connectivity index (χ0) is 12.3. The quantitative estimate of drug-likeness (QED) is 0.844. The maximum absolute atomic E-state index is 5.63. The summed E-state index contributed by atoms with van der Waals surface area (Å²) < 4.78 is 5.26. The molecular formula is C12H15N3OS. The topological polar surface area (TPSA) is 64.9 Å². The van der Waals surface area contributed by atoms with E-state index in [-0.39, 0.29) is 5.92 Å². The van der Waals surface area contributed by atoms with Crippen LogP contribution in [0.1, 0.15) is 18.7 Å². The van der Waals surface area contributed by atoms with Crippen molar-refractivity contribution >= 4 is 17.4 Å². The molecule has 0 spiro atoms. The van der Waals surface area contributed by atoms with Crippen LogP contribution in [0.5, 0.6) is 0 Å². The van der Waals surface area contributed by atoms with Gasteiger partial charge in [-0.2, -0.15) is 16.7 Å². The van der Waals surface area contributed by atoms with E-state index in [1.165, 1.54) is 0 Å². The van der Waals surface area contributed by atoms with Crippen LogP contribution in [-0.4, -0.2) is 22.1 Å². The Balaban J connectivity index is 2.20. The van der Waals surface area contributed by atoms with Crippen molar-refractivity contribution in [3.8, 4) is 11.4 Å². The first-order valence-corrected chi connectivity index (χ1v) is 6.78. The molecule has 2 aromatic rings. The van der Waals surface area contributed by atoms with Gasteiger partial charge in [0.05, 0.1) is 0 Å². The normalized spacial score (nSPS) is 12.6. The molecule has 0 saturated heterocycles. The number of benzene rings is 1. The lowest BCUT2D eigenvalue weighted by atomic mass is 10.2. The zero-order valence-electron chi connectivity index (χ0n) is 9.88. The summed E-state index contributed by atoms with van der Waals surface area (Å²) in [5.74, 6) is 2.56. The second-order valence-electron chi connectivity index (χ2n) is 3.93. The van der Waals surface area contributed by atoms with Crippen molar-refractivity contribution < 1.29 is 4.52 Å². The van der Waals surface area contributed by atoms with E-state index in [2.05, 4.69) is 23.3 Å². The summed E-state index contributed by atoms with van der Waals surface area (Å²) in [5.41, 5.74) is 7.28. The molecular weight excluding hydrogens is 234 g/mol. The van der Waals surface area contributed by atoms with Crippen molar-refractivity contribution in [2.45, 2.75) is 12.8 Å². The molecule has 1 unspecified atom stereocenters. The number of nitrogen functional groups attached to an aromatic ring is 1. The summed E-state index contributed by atoms with van der Waals surface area (Å²) >= 11 is 1.77. The maximum atomic E-state index is 5.63. The molecule has 0 bridgehead atoms. The number of anilines is 1. The third kappa shape index (κ3) is 2.79. The van der Waals surface area contributed by atoms with Gasteiger partial charge in [-0.15, -0.1) is 0 Å². The van der Waals surface area contributed by atoms with E-state index in [0.717, 1.165) is 17.0 Å². The number of nitrogens with two attached hydrogens (primary N) is 1. The first-order valence-electron chi connectivity index (χ1n) is 5.39. The molecule has 1 heterocycles. The molecule has 5 heteroatoms. The van der Waals surface area contributed by atoms with Crippen LogP contribution in [0, 0.1) is 0 Å². The summed E-state index contributed by atoms with van der Waals surface area (Å²) in [6, 6.07) is 7.44. The van der Waals surface area contributed by atoms with Crippen molar-refractivity contribution in [2.24, 2.45) is 0 Å². The van der Waals surface area contributed by atoms with Crippen molar-refractivity contribution in [1.29, 1.82) is 0 Å². The van der Waals surface area contributed by atoms with Crippen LogP contribution in [0.2, 0.25) is 0 Å². The van der Waals surface area contributed by atoms with Gasteiger partial charge in [-0.1, -0.05) is 12.1 Å². The minimum absolute atomic E-state index is 0.278. The van der Waals surface area contributed by atoms with Crippen LogP contribution in [0.15, 0.2) is 28.8 Å². The molecule has 2 rings (SSSR count). The van der Waals surface area contributed by atoms with E-state index in [1.807, 2.05) is 24.3 Å². The van der Waals surface area contributed by atoms with Gasteiger partial charge in [-0.3, -0.25) is 0 Å². The first kappa shape index (κ1) is 12.0. The summed E-state index contributed by atoms with van der Waals surface area (Å²) in [6.45, 7) is 2.08. The fourth-order valence-electron chi connectivity index (χ4n) is 1.51. The van der Waals surface area contributed by atoms with Gasteiger partial charge in [-0.05, 0) is 30.5 Å². The summed E-state index contributed by atoms with van der Waals surface area (Å²) in [5, 5.41) is 3.98. The van der Waals surface area contributed by atoms with Crippen LogP contribution in [-0.2, 0) is 0 Å². The van der Waals surface area contributed by atoms with Gasteiger partial charge in [0.1, 0.15) is 0 Å². The van der Waals surface area contributed by atoms with Crippen LogP contribution >= 0.6 is 11.8 Å². The van der Waals surface area contributed by atoms with Crippen molar-refractivity contribution in [3.63, 3.8) is 0 Å². The molecule has 0 radical (unpaired) electrons. The average Bonchev–Trinajstić information content (AvgIpc) is 2.80.